The molecule has 1 N–H and O–H groups in total. The molecule has 1 aromatic carbocycles. The molecule has 0 saturated heterocycles. The van der Waals surface area contributed by atoms with E-state index in [9.17, 15) is 4.79 Å². The summed E-state index contributed by atoms with van der Waals surface area (Å²) in [4.78, 5) is 11.5. The Hall–Kier alpha value is -1.35. The summed E-state index contributed by atoms with van der Waals surface area (Å²) in [6.45, 7) is 8.19. The van der Waals surface area contributed by atoms with Crippen molar-refractivity contribution in [2.24, 2.45) is 0 Å². The molecule has 0 heterocycles. The maximum absolute atomic E-state index is 11.5. The van der Waals surface area contributed by atoms with Crippen molar-refractivity contribution < 1.29 is 9.53 Å². The third-order valence-electron chi connectivity index (χ3n) is 2.80. The highest BCUT2D eigenvalue weighted by Crippen LogP contribution is 2.17. The lowest BCUT2D eigenvalue weighted by Crippen LogP contribution is -2.37. The lowest BCUT2D eigenvalue weighted by atomic mass is 10.0. The van der Waals surface area contributed by atoms with Gasteiger partial charge in [-0.25, -0.2) is 0 Å². The van der Waals surface area contributed by atoms with Crippen LogP contribution in [0.1, 0.15) is 37.9 Å². The van der Waals surface area contributed by atoms with Crippen molar-refractivity contribution in [3.05, 3.63) is 35.4 Å². The number of ether oxygens (including phenoxy) is 1. The molecule has 1 rings (SSSR count). The molecule has 0 amide bonds. The highest BCUT2D eigenvalue weighted by molar-refractivity contribution is 5.75. The zero-order valence-electron chi connectivity index (χ0n) is 11.0. The fraction of sp³-hybridized carbons (Fsp3) is 0.500. The van der Waals surface area contributed by atoms with Gasteiger partial charge < -0.3 is 4.74 Å². The zero-order valence-corrected chi connectivity index (χ0v) is 11.0. The number of esters is 1. The summed E-state index contributed by atoms with van der Waals surface area (Å²) in [5.41, 5.74) is 2.44. The molecular formula is C14H21NO2. The van der Waals surface area contributed by atoms with Gasteiger partial charge in [0.15, 0.2) is 0 Å². The van der Waals surface area contributed by atoms with Gasteiger partial charge in [-0.15, -0.1) is 0 Å². The van der Waals surface area contributed by atoms with E-state index in [1.807, 2.05) is 26.0 Å². The summed E-state index contributed by atoms with van der Waals surface area (Å²) in [6, 6.07) is 8.02. The summed E-state index contributed by atoms with van der Waals surface area (Å²) in [6.07, 6.45) is 0. The summed E-state index contributed by atoms with van der Waals surface area (Å²) < 4.78 is 4.97. The first-order chi connectivity index (χ1) is 8.06. The van der Waals surface area contributed by atoms with Crippen LogP contribution >= 0.6 is 0 Å². The Morgan fingerprint density at radius 1 is 1.35 bits per heavy atom. The molecule has 1 unspecified atom stereocenters. The average molecular weight is 235 g/mol. The van der Waals surface area contributed by atoms with Crippen molar-refractivity contribution in [1.29, 1.82) is 0 Å². The van der Waals surface area contributed by atoms with Crippen LogP contribution in [0.2, 0.25) is 0 Å². The van der Waals surface area contributed by atoms with Crippen LogP contribution in [0.25, 0.3) is 0 Å². The predicted octanol–water partition coefficient (Wildman–Crippen LogP) is 2.60. The topological polar surface area (TPSA) is 38.3 Å². The van der Waals surface area contributed by atoms with Gasteiger partial charge in [0.25, 0.3) is 0 Å². The van der Waals surface area contributed by atoms with Crippen molar-refractivity contribution >= 4 is 5.97 Å². The summed E-state index contributed by atoms with van der Waals surface area (Å²) >= 11 is 0. The van der Waals surface area contributed by atoms with Gasteiger partial charge in [-0.3, -0.25) is 10.1 Å². The molecule has 0 aliphatic heterocycles. The molecule has 0 radical (unpaired) electrons. The number of hydrogen-bond acceptors (Lipinski definition) is 3. The number of rotatable bonds is 5. The van der Waals surface area contributed by atoms with Crippen molar-refractivity contribution in [2.45, 2.75) is 39.8 Å². The van der Waals surface area contributed by atoms with Crippen LogP contribution in [-0.4, -0.2) is 18.6 Å². The third-order valence-corrected chi connectivity index (χ3v) is 2.80. The van der Waals surface area contributed by atoms with Crippen molar-refractivity contribution in [3.63, 3.8) is 0 Å². The number of carbonyl (C=O) groups excluding carboxylic acids is 1. The van der Waals surface area contributed by atoms with Crippen LogP contribution in [-0.2, 0) is 9.53 Å². The van der Waals surface area contributed by atoms with E-state index in [1.165, 1.54) is 11.1 Å². The number of nitrogens with one attached hydrogen (secondary N) is 1. The van der Waals surface area contributed by atoms with Crippen LogP contribution in [0.3, 0.4) is 0 Å². The number of benzene rings is 1. The average Bonchev–Trinajstić information content (AvgIpc) is 2.29. The summed E-state index contributed by atoms with van der Waals surface area (Å²) in [5.74, 6) is -0.201. The molecular weight excluding hydrogens is 214 g/mol. The van der Waals surface area contributed by atoms with Gasteiger partial charge >= 0.3 is 5.97 Å². The summed E-state index contributed by atoms with van der Waals surface area (Å²) in [7, 11) is 0. The van der Waals surface area contributed by atoms with E-state index < -0.39 is 0 Å². The minimum atomic E-state index is -0.287. The normalized spacial score (nSPS) is 14.1. The Kier molecular flexibility index (Phi) is 5.16. The maximum Gasteiger partial charge on any atom is 0.322 e. The molecule has 0 fully saturated rings. The van der Waals surface area contributed by atoms with Crippen LogP contribution < -0.4 is 5.32 Å². The Morgan fingerprint density at radius 3 is 2.59 bits per heavy atom. The number of aryl methyl sites for hydroxylation is 1. The lowest BCUT2D eigenvalue weighted by molar-refractivity contribution is -0.145. The van der Waals surface area contributed by atoms with Gasteiger partial charge in [0, 0.05) is 6.04 Å². The molecule has 3 heteroatoms. The highest BCUT2D eigenvalue weighted by atomic mass is 16.5. The van der Waals surface area contributed by atoms with Gasteiger partial charge in [0.1, 0.15) is 6.04 Å². The quantitative estimate of drug-likeness (QED) is 0.797. The molecule has 0 aliphatic rings. The SMILES string of the molecule is CCOC(=O)C(C)N[C@H](C)c1ccccc1C. The van der Waals surface area contributed by atoms with Crippen LogP contribution in [0, 0.1) is 6.92 Å². The van der Waals surface area contributed by atoms with E-state index in [2.05, 4.69) is 31.3 Å². The van der Waals surface area contributed by atoms with Crippen LogP contribution in [0.15, 0.2) is 24.3 Å². The van der Waals surface area contributed by atoms with E-state index >= 15 is 0 Å². The van der Waals surface area contributed by atoms with E-state index in [1.54, 1.807) is 0 Å². The Labute approximate surface area is 103 Å². The smallest absolute Gasteiger partial charge is 0.322 e. The van der Waals surface area contributed by atoms with E-state index in [0.29, 0.717) is 6.61 Å². The first kappa shape index (κ1) is 13.7. The monoisotopic (exact) mass is 235 g/mol. The third kappa shape index (κ3) is 3.86. The predicted molar refractivity (Wildman–Crippen MR) is 68.8 cm³/mol. The van der Waals surface area contributed by atoms with Gasteiger partial charge in [-0.2, -0.15) is 0 Å². The Balaban J connectivity index is 2.63. The maximum atomic E-state index is 11.5. The molecule has 3 nitrogen and oxygen atoms in total. The van der Waals surface area contributed by atoms with Gasteiger partial charge in [0.2, 0.25) is 0 Å². The van der Waals surface area contributed by atoms with Crippen LogP contribution in [0.5, 0.6) is 0 Å². The molecule has 0 aliphatic carbocycles. The van der Waals surface area contributed by atoms with Crippen LogP contribution in [0.4, 0.5) is 0 Å². The molecule has 2 atom stereocenters. The molecule has 0 bridgehead atoms. The first-order valence-corrected chi connectivity index (χ1v) is 6.04. The fourth-order valence-electron chi connectivity index (χ4n) is 1.87. The minimum Gasteiger partial charge on any atom is -0.465 e. The molecule has 17 heavy (non-hydrogen) atoms. The molecule has 0 aromatic heterocycles. The number of hydrogen-bond donors (Lipinski definition) is 1. The molecule has 0 spiro atoms. The summed E-state index contributed by atoms with van der Waals surface area (Å²) in [5, 5.41) is 3.25. The largest absolute Gasteiger partial charge is 0.465 e. The van der Waals surface area contributed by atoms with E-state index in [4.69, 9.17) is 4.74 Å². The Morgan fingerprint density at radius 2 is 2.00 bits per heavy atom. The Bertz CT molecular complexity index is 376. The first-order valence-electron chi connectivity index (χ1n) is 6.04. The van der Waals surface area contributed by atoms with Gasteiger partial charge in [-0.05, 0) is 38.8 Å². The van der Waals surface area contributed by atoms with Crippen molar-refractivity contribution in [3.8, 4) is 0 Å². The van der Waals surface area contributed by atoms with Gasteiger partial charge in [0.05, 0.1) is 6.61 Å². The lowest BCUT2D eigenvalue weighted by Gasteiger charge is -2.20. The highest BCUT2D eigenvalue weighted by Gasteiger charge is 2.17. The fourth-order valence-corrected chi connectivity index (χ4v) is 1.87. The second-order valence-corrected chi connectivity index (χ2v) is 4.22. The minimum absolute atomic E-state index is 0.135. The van der Waals surface area contributed by atoms with Crippen molar-refractivity contribution in [2.75, 3.05) is 6.61 Å². The van der Waals surface area contributed by atoms with Gasteiger partial charge in [-0.1, -0.05) is 24.3 Å². The second kappa shape index (κ2) is 6.40. The molecule has 1 aromatic rings. The zero-order chi connectivity index (χ0) is 12.8. The van der Waals surface area contributed by atoms with E-state index in [-0.39, 0.29) is 18.1 Å². The second-order valence-electron chi connectivity index (χ2n) is 4.22. The van der Waals surface area contributed by atoms with Crippen molar-refractivity contribution in [1.82, 2.24) is 5.32 Å². The standard InChI is InChI=1S/C14H21NO2/c1-5-17-14(16)12(4)15-11(3)13-9-7-6-8-10(13)2/h6-9,11-12,15H,5H2,1-4H3/t11-,12?/m1/s1. The molecule has 94 valence electrons. The molecule has 0 saturated carbocycles. The van der Waals surface area contributed by atoms with E-state index in [0.717, 1.165) is 0 Å². The number of carbonyl (C=O) groups is 1.